The van der Waals surface area contributed by atoms with Crippen LogP contribution in [0.5, 0.6) is 0 Å². The first-order valence-electron chi connectivity index (χ1n) is 5.92. The summed E-state index contributed by atoms with van der Waals surface area (Å²) in [5, 5.41) is 0. The molecule has 0 N–H and O–H groups in total. The number of alkyl halides is 3. The summed E-state index contributed by atoms with van der Waals surface area (Å²) in [4.78, 5) is 3.41. The van der Waals surface area contributed by atoms with Gasteiger partial charge in [0.2, 0.25) is 0 Å². The van der Waals surface area contributed by atoms with E-state index in [1.165, 1.54) is 12.1 Å². The molecule has 0 unspecified atom stereocenters. The molecule has 1 aromatic rings. The summed E-state index contributed by atoms with van der Waals surface area (Å²) in [6.07, 6.45) is -4.48. The van der Waals surface area contributed by atoms with Gasteiger partial charge < -0.3 is 9.47 Å². The number of aromatic nitrogens is 1. The zero-order valence-electron chi connectivity index (χ0n) is 11.2. The largest absolute Gasteiger partial charge is 0.433 e. The van der Waals surface area contributed by atoms with Crippen LogP contribution in [0.15, 0.2) is 18.3 Å². The maximum absolute atomic E-state index is 12.9. The number of nitrogens with zero attached hydrogens (tertiary/aromatic N) is 1. The molecule has 1 saturated heterocycles. The molecule has 0 bridgehead atoms. The Hall–Kier alpha value is -1.14. The summed E-state index contributed by atoms with van der Waals surface area (Å²) in [5.41, 5.74) is -2.42. The van der Waals surface area contributed by atoms with Crippen molar-refractivity contribution < 1.29 is 22.6 Å². The Bertz CT molecular complexity index is 467. The molecule has 3 nitrogen and oxygen atoms in total. The molecule has 0 atom stereocenters. The highest BCUT2D eigenvalue weighted by atomic mass is 19.4. The summed E-state index contributed by atoms with van der Waals surface area (Å²) >= 11 is 0. The van der Waals surface area contributed by atoms with Crippen LogP contribution in [0.25, 0.3) is 0 Å². The molecule has 1 fully saturated rings. The van der Waals surface area contributed by atoms with Crippen molar-refractivity contribution in [1.82, 2.24) is 4.98 Å². The van der Waals surface area contributed by atoms with Gasteiger partial charge in [-0.15, -0.1) is 0 Å². The van der Waals surface area contributed by atoms with E-state index in [9.17, 15) is 13.2 Å². The molecule has 2 heterocycles. The number of pyridine rings is 1. The van der Waals surface area contributed by atoms with Gasteiger partial charge in [-0.25, -0.2) is 0 Å². The van der Waals surface area contributed by atoms with E-state index in [4.69, 9.17) is 9.47 Å². The highest BCUT2D eigenvalue weighted by Gasteiger charge is 2.51. The van der Waals surface area contributed by atoms with Crippen LogP contribution in [0.4, 0.5) is 13.2 Å². The molecule has 1 aliphatic rings. The molecule has 0 amide bonds. The first kappa shape index (κ1) is 14.3. The molecule has 2 rings (SSSR count). The van der Waals surface area contributed by atoms with Gasteiger partial charge >= 0.3 is 6.18 Å². The van der Waals surface area contributed by atoms with E-state index in [0.717, 1.165) is 6.20 Å². The molecule has 6 heteroatoms. The Kier molecular flexibility index (Phi) is 3.14. The summed E-state index contributed by atoms with van der Waals surface area (Å²) in [7, 11) is 0. The van der Waals surface area contributed by atoms with Gasteiger partial charge in [-0.1, -0.05) is 6.07 Å². The van der Waals surface area contributed by atoms with Crippen molar-refractivity contribution in [3.63, 3.8) is 0 Å². The maximum atomic E-state index is 12.9. The number of hydrogen-bond donors (Lipinski definition) is 0. The lowest BCUT2D eigenvalue weighted by atomic mass is 9.90. The standard InChI is InChI=1S/C13H16F3NO2/c1-11(2)12(3,4)19-10(18-11)8-6-5-7-17-9(8)13(14,15)16/h5-7,10H,1-4H3. The average Bonchev–Trinajstić information content (AvgIpc) is 2.47. The molecule has 19 heavy (non-hydrogen) atoms. The normalized spacial score (nSPS) is 22.7. The second kappa shape index (κ2) is 4.18. The molecule has 0 saturated carbocycles. The summed E-state index contributed by atoms with van der Waals surface area (Å²) < 4.78 is 50.0. The number of hydrogen-bond acceptors (Lipinski definition) is 3. The van der Waals surface area contributed by atoms with E-state index in [-0.39, 0.29) is 5.56 Å². The predicted octanol–water partition coefficient (Wildman–Crippen LogP) is 3.70. The van der Waals surface area contributed by atoms with Crippen molar-refractivity contribution in [3.8, 4) is 0 Å². The zero-order valence-corrected chi connectivity index (χ0v) is 11.2. The molecule has 0 aromatic carbocycles. The van der Waals surface area contributed by atoms with Crippen molar-refractivity contribution >= 4 is 0 Å². The highest BCUT2D eigenvalue weighted by Crippen LogP contribution is 2.46. The minimum absolute atomic E-state index is 0.0892. The van der Waals surface area contributed by atoms with Crippen LogP contribution in [-0.4, -0.2) is 16.2 Å². The lowest BCUT2D eigenvalue weighted by Crippen LogP contribution is -2.41. The van der Waals surface area contributed by atoms with Crippen LogP contribution in [-0.2, 0) is 15.7 Å². The lowest BCUT2D eigenvalue weighted by Gasteiger charge is -2.30. The van der Waals surface area contributed by atoms with Gasteiger partial charge in [0.15, 0.2) is 12.0 Å². The van der Waals surface area contributed by atoms with Gasteiger partial charge in [0.05, 0.1) is 11.2 Å². The van der Waals surface area contributed by atoms with E-state index >= 15 is 0 Å². The third-order valence-corrected chi connectivity index (χ3v) is 3.61. The van der Waals surface area contributed by atoms with Crippen molar-refractivity contribution in [2.24, 2.45) is 0 Å². The molecular formula is C13H16F3NO2. The molecule has 0 spiro atoms. The first-order chi connectivity index (χ1) is 8.55. The second-order valence-corrected chi connectivity index (χ2v) is 5.53. The first-order valence-corrected chi connectivity index (χ1v) is 5.92. The second-order valence-electron chi connectivity index (χ2n) is 5.53. The zero-order chi connectivity index (χ0) is 14.5. The Morgan fingerprint density at radius 2 is 1.63 bits per heavy atom. The van der Waals surface area contributed by atoms with E-state index in [0.29, 0.717) is 0 Å². The SMILES string of the molecule is CC1(C)OC(c2cccnc2C(F)(F)F)OC1(C)C. The fourth-order valence-electron chi connectivity index (χ4n) is 1.81. The Balaban J connectivity index is 2.41. The Morgan fingerprint density at radius 3 is 2.11 bits per heavy atom. The minimum Gasteiger partial charge on any atom is -0.339 e. The molecular weight excluding hydrogens is 259 g/mol. The van der Waals surface area contributed by atoms with Crippen LogP contribution >= 0.6 is 0 Å². The predicted molar refractivity (Wildman–Crippen MR) is 62.3 cm³/mol. The van der Waals surface area contributed by atoms with Crippen molar-refractivity contribution in [2.45, 2.75) is 51.4 Å². The Labute approximate surface area is 109 Å². The number of ether oxygens (including phenoxy) is 2. The Morgan fingerprint density at radius 1 is 1.11 bits per heavy atom. The number of halogens is 3. The fraction of sp³-hybridized carbons (Fsp3) is 0.615. The van der Waals surface area contributed by atoms with Gasteiger partial charge in [0.1, 0.15) is 0 Å². The fourth-order valence-corrected chi connectivity index (χ4v) is 1.81. The summed E-state index contributed by atoms with van der Waals surface area (Å²) in [6.45, 7) is 7.15. The third kappa shape index (κ3) is 2.47. The quantitative estimate of drug-likeness (QED) is 0.783. The van der Waals surface area contributed by atoms with Crippen LogP contribution in [0.2, 0.25) is 0 Å². The van der Waals surface area contributed by atoms with Crippen LogP contribution in [0.1, 0.15) is 45.2 Å². The average molecular weight is 275 g/mol. The molecule has 1 aliphatic heterocycles. The van der Waals surface area contributed by atoms with Crippen molar-refractivity contribution in [2.75, 3.05) is 0 Å². The highest BCUT2D eigenvalue weighted by molar-refractivity contribution is 5.25. The lowest BCUT2D eigenvalue weighted by molar-refractivity contribution is -0.149. The third-order valence-electron chi connectivity index (χ3n) is 3.61. The van der Waals surface area contributed by atoms with Gasteiger partial charge in [-0.05, 0) is 33.8 Å². The maximum Gasteiger partial charge on any atom is 0.433 e. The van der Waals surface area contributed by atoms with E-state index < -0.39 is 29.4 Å². The van der Waals surface area contributed by atoms with Crippen molar-refractivity contribution in [3.05, 3.63) is 29.6 Å². The summed E-state index contributed by atoms with van der Waals surface area (Å²) in [5.74, 6) is 0. The minimum atomic E-state index is -4.53. The van der Waals surface area contributed by atoms with Crippen molar-refractivity contribution in [1.29, 1.82) is 0 Å². The summed E-state index contributed by atoms with van der Waals surface area (Å²) in [6, 6.07) is 2.77. The van der Waals surface area contributed by atoms with Gasteiger partial charge in [0, 0.05) is 11.8 Å². The van der Waals surface area contributed by atoms with Gasteiger partial charge in [0.25, 0.3) is 0 Å². The van der Waals surface area contributed by atoms with Crippen LogP contribution < -0.4 is 0 Å². The number of rotatable bonds is 1. The molecule has 0 aliphatic carbocycles. The van der Waals surface area contributed by atoms with E-state index in [1.807, 2.05) is 0 Å². The van der Waals surface area contributed by atoms with E-state index in [2.05, 4.69) is 4.98 Å². The smallest absolute Gasteiger partial charge is 0.339 e. The molecule has 1 aromatic heterocycles. The monoisotopic (exact) mass is 275 g/mol. The van der Waals surface area contributed by atoms with Crippen LogP contribution in [0, 0.1) is 0 Å². The molecule has 106 valence electrons. The van der Waals surface area contributed by atoms with Gasteiger partial charge in [-0.2, -0.15) is 13.2 Å². The topological polar surface area (TPSA) is 31.4 Å². The van der Waals surface area contributed by atoms with Gasteiger partial charge in [-0.3, -0.25) is 4.98 Å². The van der Waals surface area contributed by atoms with E-state index in [1.54, 1.807) is 27.7 Å². The molecule has 0 radical (unpaired) electrons. The van der Waals surface area contributed by atoms with Crippen LogP contribution in [0.3, 0.4) is 0 Å².